The van der Waals surface area contributed by atoms with E-state index in [0.29, 0.717) is 5.84 Å². The molecule has 0 aliphatic carbocycles. The molecule has 2 rings (SSSR count). The Bertz CT molecular complexity index is 774. The fourth-order valence-electron chi connectivity index (χ4n) is 1.78. The number of amidine groups is 2. The molecule has 0 fully saturated rings. The Labute approximate surface area is 136 Å². The van der Waals surface area contributed by atoms with Gasteiger partial charge in [0.25, 0.3) is 5.91 Å². The molecule has 0 aromatic heterocycles. The molecule has 0 unspecified atom stereocenters. The highest BCUT2D eigenvalue weighted by Gasteiger charge is 2.35. The van der Waals surface area contributed by atoms with Gasteiger partial charge in [-0.05, 0) is 39.6 Å². The van der Waals surface area contributed by atoms with E-state index in [0.717, 1.165) is 11.1 Å². The van der Waals surface area contributed by atoms with Gasteiger partial charge in [-0.1, -0.05) is 30.0 Å². The Kier molecular flexibility index (Phi) is 4.87. The van der Waals surface area contributed by atoms with E-state index >= 15 is 0 Å². The molecule has 23 heavy (non-hydrogen) atoms. The number of amides is 1. The minimum absolute atomic E-state index is 0.187. The number of hydrogen-bond donors (Lipinski definition) is 1. The van der Waals surface area contributed by atoms with Gasteiger partial charge >= 0.3 is 0 Å². The molecule has 0 radical (unpaired) electrons. The summed E-state index contributed by atoms with van der Waals surface area (Å²) in [5, 5.41) is 2.66. The number of rotatable bonds is 2. The number of hydrogen-bond acceptors (Lipinski definition) is 3. The lowest BCUT2D eigenvalue weighted by Gasteiger charge is -2.07. The molecule has 5 heteroatoms. The van der Waals surface area contributed by atoms with Gasteiger partial charge in [0.05, 0.1) is 0 Å². The third kappa shape index (κ3) is 4.24. The number of allylic oxidation sites excluding steroid dienone is 1. The predicted molar refractivity (Wildman–Crippen MR) is 93.7 cm³/mol. The molecule has 0 spiro atoms. The van der Waals surface area contributed by atoms with Crippen LogP contribution >= 0.6 is 0 Å². The highest BCUT2D eigenvalue weighted by atomic mass is 16.2. The van der Waals surface area contributed by atoms with Crippen LogP contribution in [-0.2, 0) is 4.79 Å². The summed E-state index contributed by atoms with van der Waals surface area (Å²) in [5.74, 6) is 6.46. The lowest BCUT2D eigenvalue weighted by Crippen LogP contribution is -2.36. The maximum atomic E-state index is 11.7. The van der Waals surface area contributed by atoms with Crippen LogP contribution in [0.25, 0.3) is 0 Å². The lowest BCUT2D eigenvalue weighted by atomic mass is 10.1. The smallest absolute Gasteiger partial charge is 0.253 e. The Morgan fingerprint density at radius 2 is 2.04 bits per heavy atom. The standard InChI is InChI=1S/C18H18N4O/c1-13(10-11-14-8-6-5-7-9-14)12-20-15(19-4)16-21-17(23)18(2,3)22-16/h5-9,12H,4H2,1-3H3,(H,21,22,23)/b13-12+,20-15-. The highest BCUT2D eigenvalue weighted by Crippen LogP contribution is 2.15. The molecule has 1 aromatic carbocycles. The summed E-state index contributed by atoms with van der Waals surface area (Å²) in [6.07, 6.45) is 1.58. The van der Waals surface area contributed by atoms with Crippen LogP contribution < -0.4 is 5.32 Å². The van der Waals surface area contributed by atoms with Gasteiger partial charge in [0, 0.05) is 17.3 Å². The van der Waals surface area contributed by atoms with E-state index in [1.807, 2.05) is 37.3 Å². The van der Waals surface area contributed by atoms with Crippen molar-refractivity contribution >= 4 is 24.3 Å². The van der Waals surface area contributed by atoms with E-state index in [4.69, 9.17) is 0 Å². The van der Waals surface area contributed by atoms with Gasteiger partial charge in [0.15, 0.2) is 11.7 Å². The quantitative estimate of drug-likeness (QED) is 0.509. The summed E-state index contributed by atoms with van der Waals surface area (Å²) >= 11 is 0. The van der Waals surface area contributed by atoms with Crippen molar-refractivity contribution in [2.75, 3.05) is 0 Å². The van der Waals surface area contributed by atoms with Crippen molar-refractivity contribution in [1.29, 1.82) is 0 Å². The van der Waals surface area contributed by atoms with Gasteiger partial charge in [-0.2, -0.15) is 0 Å². The summed E-state index contributed by atoms with van der Waals surface area (Å²) in [6.45, 7) is 8.77. The third-order valence-electron chi connectivity index (χ3n) is 3.10. The van der Waals surface area contributed by atoms with Crippen molar-refractivity contribution in [3.8, 4) is 11.8 Å². The summed E-state index contributed by atoms with van der Waals surface area (Å²) in [7, 11) is 0. The Balaban J connectivity index is 2.18. The third-order valence-corrected chi connectivity index (χ3v) is 3.10. The molecule has 1 N–H and O–H groups in total. The van der Waals surface area contributed by atoms with Gasteiger partial charge in [-0.15, -0.1) is 0 Å². The molecular weight excluding hydrogens is 288 g/mol. The zero-order chi connectivity index (χ0) is 16.9. The fourth-order valence-corrected chi connectivity index (χ4v) is 1.78. The molecule has 0 saturated carbocycles. The van der Waals surface area contributed by atoms with E-state index in [9.17, 15) is 4.79 Å². The van der Waals surface area contributed by atoms with Crippen LogP contribution in [0.5, 0.6) is 0 Å². The summed E-state index contributed by atoms with van der Waals surface area (Å²) < 4.78 is 0. The highest BCUT2D eigenvalue weighted by molar-refractivity contribution is 6.45. The van der Waals surface area contributed by atoms with Crippen molar-refractivity contribution in [1.82, 2.24) is 5.32 Å². The van der Waals surface area contributed by atoms with Gasteiger partial charge in [-0.3, -0.25) is 4.79 Å². The first kappa shape index (κ1) is 16.4. The monoisotopic (exact) mass is 306 g/mol. The first-order chi connectivity index (χ1) is 10.9. The molecule has 0 saturated heterocycles. The van der Waals surface area contributed by atoms with E-state index < -0.39 is 5.54 Å². The number of aliphatic imine (C=N–C) groups is 3. The molecular formula is C18H18N4O. The Morgan fingerprint density at radius 3 is 2.61 bits per heavy atom. The zero-order valence-corrected chi connectivity index (χ0v) is 13.4. The van der Waals surface area contributed by atoms with Crippen LogP contribution in [0.1, 0.15) is 26.3 Å². The topological polar surface area (TPSA) is 66.2 Å². The van der Waals surface area contributed by atoms with Crippen LogP contribution in [0.4, 0.5) is 0 Å². The molecule has 5 nitrogen and oxygen atoms in total. The van der Waals surface area contributed by atoms with E-state index in [1.165, 1.54) is 0 Å². The average Bonchev–Trinajstić information content (AvgIpc) is 2.80. The second-order valence-electron chi connectivity index (χ2n) is 5.51. The van der Waals surface area contributed by atoms with Crippen molar-refractivity contribution in [2.45, 2.75) is 26.3 Å². The van der Waals surface area contributed by atoms with Crippen molar-refractivity contribution in [3.63, 3.8) is 0 Å². The van der Waals surface area contributed by atoms with Gasteiger partial charge in [0.2, 0.25) is 0 Å². The van der Waals surface area contributed by atoms with Crippen LogP contribution in [0.3, 0.4) is 0 Å². The zero-order valence-electron chi connectivity index (χ0n) is 13.4. The molecule has 1 amide bonds. The molecule has 1 aromatic rings. The lowest BCUT2D eigenvalue weighted by molar-refractivity contribution is -0.122. The van der Waals surface area contributed by atoms with Gasteiger partial charge in [-0.25, -0.2) is 15.0 Å². The second-order valence-corrected chi connectivity index (χ2v) is 5.51. The molecule has 1 heterocycles. The number of benzene rings is 1. The summed E-state index contributed by atoms with van der Waals surface area (Å²) in [6, 6.07) is 9.68. The van der Waals surface area contributed by atoms with E-state index in [1.54, 1.807) is 20.0 Å². The van der Waals surface area contributed by atoms with Crippen LogP contribution in [0.15, 0.2) is 57.1 Å². The van der Waals surface area contributed by atoms with Gasteiger partial charge in [0.1, 0.15) is 5.54 Å². The first-order valence-corrected chi connectivity index (χ1v) is 7.12. The molecule has 0 bridgehead atoms. The molecule has 1 aliphatic heterocycles. The van der Waals surface area contributed by atoms with E-state index in [-0.39, 0.29) is 11.7 Å². The summed E-state index contributed by atoms with van der Waals surface area (Å²) in [5.41, 5.74) is 0.881. The van der Waals surface area contributed by atoms with Crippen LogP contribution in [0.2, 0.25) is 0 Å². The fraction of sp³-hybridized carbons (Fsp3) is 0.222. The maximum Gasteiger partial charge on any atom is 0.253 e. The van der Waals surface area contributed by atoms with E-state index in [2.05, 4.69) is 38.9 Å². The molecule has 116 valence electrons. The van der Waals surface area contributed by atoms with Crippen molar-refractivity contribution in [2.24, 2.45) is 15.0 Å². The maximum absolute atomic E-state index is 11.7. The number of carbonyl (C=O) groups excluding carboxylic acids is 1. The van der Waals surface area contributed by atoms with Crippen LogP contribution in [0, 0.1) is 11.8 Å². The predicted octanol–water partition coefficient (Wildman–Crippen LogP) is 2.35. The largest absolute Gasteiger partial charge is 0.306 e. The number of carbonyl (C=O) groups is 1. The first-order valence-electron chi connectivity index (χ1n) is 7.12. The van der Waals surface area contributed by atoms with Crippen molar-refractivity contribution < 1.29 is 4.79 Å². The average molecular weight is 306 g/mol. The SMILES string of the molecule is C=N/C(=N\C=C(/C)C#Cc1ccccc1)C1=NC(C)(C)C(=O)N1. The van der Waals surface area contributed by atoms with Gasteiger partial charge < -0.3 is 5.32 Å². The van der Waals surface area contributed by atoms with Crippen LogP contribution in [-0.4, -0.2) is 29.8 Å². The minimum atomic E-state index is -0.813. The second kappa shape index (κ2) is 6.84. The molecule has 0 atom stereocenters. The number of nitrogens with zero attached hydrogens (tertiary/aromatic N) is 3. The minimum Gasteiger partial charge on any atom is -0.306 e. The number of nitrogens with one attached hydrogen (secondary N) is 1. The summed E-state index contributed by atoms with van der Waals surface area (Å²) in [4.78, 5) is 24.0. The van der Waals surface area contributed by atoms with Crippen molar-refractivity contribution in [3.05, 3.63) is 47.7 Å². The molecule has 1 aliphatic rings. The normalized spacial score (nSPS) is 17.0. The Hall–Kier alpha value is -3.00. The Morgan fingerprint density at radius 1 is 1.35 bits per heavy atom.